The Labute approximate surface area is 174 Å². The monoisotopic (exact) mass is 398 g/mol. The molecule has 0 saturated heterocycles. The van der Waals surface area contributed by atoms with Gasteiger partial charge in [0, 0.05) is 25.5 Å². The molecule has 30 heavy (non-hydrogen) atoms. The zero-order valence-corrected chi connectivity index (χ0v) is 16.9. The van der Waals surface area contributed by atoms with E-state index in [-0.39, 0.29) is 23.3 Å². The molecule has 2 heterocycles. The first-order chi connectivity index (χ1) is 14.5. The summed E-state index contributed by atoms with van der Waals surface area (Å²) < 4.78 is 1.66. The van der Waals surface area contributed by atoms with Gasteiger partial charge in [0.2, 0.25) is 5.82 Å². The lowest BCUT2D eigenvalue weighted by molar-refractivity contribution is 0.0772. The largest absolute Gasteiger partial charge is 0.335 e. The Balaban J connectivity index is 1.65. The molecule has 1 N–H and O–H groups in total. The van der Waals surface area contributed by atoms with E-state index in [1.54, 1.807) is 28.6 Å². The van der Waals surface area contributed by atoms with Crippen LogP contribution in [0.2, 0.25) is 0 Å². The maximum Gasteiger partial charge on any atom is 0.290 e. The van der Waals surface area contributed by atoms with Gasteiger partial charge in [0.1, 0.15) is 0 Å². The van der Waals surface area contributed by atoms with Gasteiger partial charge in [-0.15, -0.1) is 0 Å². The van der Waals surface area contributed by atoms with Crippen molar-refractivity contribution in [2.24, 2.45) is 0 Å². The quantitative estimate of drug-likeness (QED) is 0.549. The number of benzene rings is 2. The molecule has 0 bridgehead atoms. The number of hydrogen-bond donors (Lipinski definition) is 1. The first-order valence-electron chi connectivity index (χ1n) is 9.67. The highest BCUT2D eigenvalue weighted by atomic mass is 16.2. The van der Waals surface area contributed by atoms with E-state index in [4.69, 9.17) is 0 Å². The summed E-state index contributed by atoms with van der Waals surface area (Å²) in [5.74, 6) is -0.401. The second-order valence-corrected chi connectivity index (χ2v) is 7.21. The van der Waals surface area contributed by atoms with Crippen molar-refractivity contribution < 1.29 is 9.59 Å². The van der Waals surface area contributed by atoms with Crippen molar-refractivity contribution in [2.75, 3.05) is 12.4 Å². The van der Waals surface area contributed by atoms with E-state index >= 15 is 0 Å². The fourth-order valence-corrected chi connectivity index (χ4v) is 3.37. The molecule has 2 aromatic heterocycles. The van der Waals surface area contributed by atoms with E-state index in [9.17, 15) is 9.59 Å². The summed E-state index contributed by atoms with van der Waals surface area (Å²) in [4.78, 5) is 32.1. The van der Waals surface area contributed by atoms with Crippen LogP contribution in [0.5, 0.6) is 0 Å². The number of nitrogens with zero attached hydrogens (tertiary/aromatic N) is 3. The van der Waals surface area contributed by atoms with Gasteiger partial charge >= 0.3 is 0 Å². The minimum atomic E-state index is -0.353. The van der Waals surface area contributed by atoms with Gasteiger partial charge in [-0.25, -0.2) is 4.98 Å². The Morgan fingerprint density at radius 1 is 1.00 bits per heavy atom. The third-order valence-electron chi connectivity index (χ3n) is 4.84. The maximum atomic E-state index is 13.1. The number of pyridine rings is 1. The van der Waals surface area contributed by atoms with Crippen LogP contribution in [0.25, 0.3) is 5.52 Å². The van der Waals surface area contributed by atoms with Crippen LogP contribution in [0.4, 0.5) is 5.69 Å². The van der Waals surface area contributed by atoms with Gasteiger partial charge in [-0.1, -0.05) is 48.5 Å². The molecule has 0 spiro atoms. The van der Waals surface area contributed by atoms with Crippen LogP contribution >= 0.6 is 0 Å². The van der Waals surface area contributed by atoms with Crippen LogP contribution in [0.3, 0.4) is 0 Å². The Hall–Kier alpha value is -3.93. The van der Waals surface area contributed by atoms with E-state index < -0.39 is 0 Å². The topological polar surface area (TPSA) is 66.7 Å². The summed E-state index contributed by atoms with van der Waals surface area (Å²) in [6, 6.07) is 22.7. The zero-order valence-electron chi connectivity index (χ0n) is 16.9. The highest BCUT2D eigenvalue weighted by Crippen LogP contribution is 2.18. The Morgan fingerprint density at radius 3 is 2.53 bits per heavy atom. The SMILES string of the molecule is Cc1cccc(NC(=O)c2nc(C(=O)N(C)Cc3ccccc3)n3ccccc23)c1. The normalized spacial score (nSPS) is 10.7. The summed E-state index contributed by atoms with van der Waals surface area (Å²) in [6.07, 6.45) is 1.75. The number of hydrogen-bond acceptors (Lipinski definition) is 3. The predicted octanol–water partition coefficient (Wildman–Crippen LogP) is 4.17. The van der Waals surface area contributed by atoms with E-state index in [1.165, 1.54) is 0 Å². The number of amides is 2. The highest BCUT2D eigenvalue weighted by Gasteiger charge is 2.23. The molecule has 0 radical (unpaired) electrons. The van der Waals surface area contributed by atoms with Gasteiger partial charge < -0.3 is 10.2 Å². The number of fused-ring (bicyclic) bond motifs is 1. The molecule has 0 aliphatic carbocycles. The van der Waals surface area contributed by atoms with Gasteiger partial charge in [0.15, 0.2) is 5.69 Å². The van der Waals surface area contributed by atoms with E-state index in [1.807, 2.05) is 73.7 Å². The van der Waals surface area contributed by atoms with Crippen LogP contribution in [-0.2, 0) is 6.54 Å². The molecule has 150 valence electrons. The number of rotatable bonds is 5. The molecular weight excluding hydrogens is 376 g/mol. The van der Waals surface area contributed by atoms with Gasteiger partial charge in [0.05, 0.1) is 5.52 Å². The first kappa shape index (κ1) is 19.4. The Kier molecular flexibility index (Phi) is 5.30. The lowest BCUT2D eigenvalue weighted by Gasteiger charge is -2.16. The third-order valence-corrected chi connectivity index (χ3v) is 4.84. The Morgan fingerprint density at radius 2 is 1.77 bits per heavy atom. The molecule has 2 aromatic carbocycles. The second kappa shape index (κ2) is 8.21. The van der Waals surface area contributed by atoms with Crippen molar-refractivity contribution in [2.45, 2.75) is 13.5 Å². The zero-order chi connectivity index (χ0) is 21.1. The van der Waals surface area contributed by atoms with Gasteiger partial charge in [0.25, 0.3) is 11.8 Å². The van der Waals surface area contributed by atoms with Crippen molar-refractivity contribution in [3.63, 3.8) is 0 Å². The van der Waals surface area contributed by atoms with Crippen LogP contribution in [-0.4, -0.2) is 33.1 Å². The van der Waals surface area contributed by atoms with E-state index in [0.29, 0.717) is 17.7 Å². The van der Waals surface area contributed by atoms with Crippen LogP contribution in [0.1, 0.15) is 32.2 Å². The number of imidazole rings is 1. The average molecular weight is 398 g/mol. The smallest absolute Gasteiger partial charge is 0.290 e. The van der Waals surface area contributed by atoms with Crippen molar-refractivity contribution in [3.05, 3.63) is 102 Å². The molecular formula is C24H22N4O2. The molecule has 0 aliphatic rings. The van der Waals surface area contributed by atoms with Crippen molar-refractivity contribution in [1.82, 2.24) is 14.3 Å². The molecule has 0 fully saturated rings. The van der Waals surface area contributed by atoms with Crippen LogP contribution < -0.4 is 5.32 Å². The second-order valence-electron chi connectivity index (χ2n) is 7.21. The van der Waals surface area contributed by atoms with Gasteiger partial charge in [-0.3, -0.25) is 14.0 Å². The average Bonchev–Trinajstić information content (AvgIpc) is 3.14. The predicted molar refractivity (Wildman–Crippen MR) is 117 cm³/mol. The summed E-state index contributed by atoms with van der Waals surface area (Å²) in [6.45, 7) is 2.41. The number of aromatic nitrogens is 2. The number of aryl methyl sites for hydroxylation is 1. The molecule has 4 rings (SSSR count). The molecule has 0 atom stereocenters. The maximum absolute atomic E-state index is 13.1. The lowest BCUT2D eigenvalue weighted by atomic mass is 10.2. The van der Waals surface area contributed by atoms with Crippen molar-refractivity contribution >= 4 is 23.0 Å². The van der Waals surface area contributed by atoms with E-state index in [0.717, 1.165) is 11.1 Å². The first-order valence-corrected chi connectivity index (χ1v) is 9.67. The van der Waals surface area contributed by atoms with Crippen molar-refractivity contribution in [3.8, 4) is 0 Å². The Bertz CT molecular complexity index is 1210. The molecule has 4 aromatic rings. The number of nitrogens with one attached hydrogen (secondary N) is 1. The standard InChI is InChI=1S/C24H22N4O2/c1-17-9-8-12-19(15-17)25-23(29)21-20-13-6-7-14-28(20)22(26-21)24(30)27(2)16-18-10-4-3-5-11-18/h3-15H,16H2,1-2H3,(H,25,29). The molecule has 0 unspecified atom stereocenters. The van der Waals surface area contributed by atoms with Gasteiger partial charge in [-0.2, -0.15) is 0 Å². The minimum absolute atomic E-state index is 0.207. The molecule has 0 saturated carbocycles. The fraction of sp³-hybridized carbons (Fsp3) is 0.125. The molecule has 6 nitrogen and oxygen atoms in total. The minimum Gasteiger partial charge on any atom is -0.335 e. The molecule has 2 amide bonds. The van der Waals surface area contributed by atoms with E-state index in [2.05, 4.69) is 10.3 Å². The number of carbonyl (C=O) groups excluding carboxylic acids is 2. The molecule has 6 heteroatoms. The highest BCUT2D eigenvalue weighted by molar-refractivity contribution is 6.09. The number of anilines is 1. The lowest BCUT2D eigenvalue weighted by Crippen LogP contribution is -2.28. The number of carbonyl (C=O) groups is 2. The summed E-state index contributed by atoms with van der Waals surface area (Å²) in [7, 11) is 1.73. The van der Waals surface area contributed by atoms with Crippen LogP contribution in [0.15, 0.2) is 79.0 Å². The molecule has 0 aliphatic heterocycles. The van der Waals surface area contributed by atoms with Crippen molar-refractivity contribution in [1.29, 1.82) is 0 Å². The summed E-state index contributed by atoms with van der Waals surface area (Å²) in [5.41, 5.74) is 3.55. The third kappa shape index (κ3) is 3.93. The summed E-state index contributed by atoms with van der Waals surface area (Å²) >= 11 is 0. The van der Waals surface area contributed by atoms with Gasteiger partial charge in [-0.05, 0) is 42.3 Å². The van der Waals surface area contributed by atoms with Crippen LogP contribution in [0, 0.1) is 6.92 Å². The fourth-order valence-electron chi connectivity index (χ4n) is 3.37. The summed E-state index contributed by atoms with van der Waals surface area (Å²) in [5, 5.41) is 2.87.